The Kier molecular flexibility index (Phi) is 4.39. The summed E-state index contributed by atoms with van der Waals surface area (Å²) in [5, 5.41) is 10.3. The van der Waals surface area contributed by atoms with E-state index in [4.69, 9.17) is 4.74 Å². The topological polar surface area (TPSA) is 57.9 Å². The van der Waals surface area contributed by atoms with Crippen LogP contribution < -0.4 is 14.5 Å². The van der Waals surface area contributed by atoms with Crippen LogP contribution in [0.4, 0.5) is 11.4 Å². The van der Waals surface area contributed by atoms with Gasteiger partial charge in [-0.2, -0.15) is 0 Å². The minimum Gasteiger partial charge on any atom is -0.495 e. The fraction of sp³-hybridized carbons (Fsp3) is 0.286. The summed E-state index contributed by atoms with van der Waals surface area (Å²) in [7, 11) is 3.49. The zero-order valence-corrected chi connectivity index (χ0v) is 15.6. The number of para-hydroxylation sites is 2. The number of aromatic nitrogens is 1. The fourth-order valence-corrected chi connectivity index (χ4v) is 3.84. The summed E-state index contributed by atoms with van der Waals surface area (Å²) in [5.41, 5.74) is 3.50. The first-order valence-corrected chi connectivity index (χ1v) is 9.04. The molecular weight excluding hydrogens is 342 g/mol. The summed E-state index contributed by atoms with van der Waals surface area (Å²) >= 11 is 0. The lowest BCUT2D eigenvalue weighted by atomic mass is 10.1. The third-order valence-electron chi connectivity index (χ3n) is 5.32. The van der Waals surface area contributed by atoms with Gasteiger partial charge in [0.1, 0.15) is 11.4 Å². The molecule has 0 aliphatic carbocycles. The van der Waals surface area contributed by atoms with Crippen LogP contribution in [0.3, 0.4) is 0 Å². The van der Waals surface area contributed by atoms with Gasteiger partial charge >= 0.3 is 5.97 Å². The van der Waals surface area contributed by atoms with Crippen molar-refractivity contribution in [1.29, 1.82) is 0 Å². The second-order valence-corrected chi connectivity index (χ2v) is 6.78. The van der Waals surface area contributed by atoms with Crippen LogP contribution in [0, 0.1) is 0 Å². The van der Waals surface area contributed by atoms with Gasteiger partial charge in [0.2, 0.25) is 0 Å². The molecule has 2 aromatic carbocycles. The molecule has 0 unspecified atom stereocenters. The predicted octanol–water partition coefficient (Wildman–Crippen LogP) is 3.21. The van der Waals surface area contributed by atoms with Gasteiger partial charge in [0.15, 0.2) is 0 Å². The minimum absolute atomic E-state index is 0.308. The molecule has 1 aromatic heterocycles. The quantitative estimate of drug-likeness (QED) is 0.769. The van der Waals surface area contributed by atoms with Crippen molar-refractivity contribution in [3.63, 3.8) is 0 Å². The number of anilines is 2. The van der Waals surface area contributed by atoms with E-state index in [2.05, 4.69) is 28.0 Å². The molecule has 0 saturated carbocycles. The van der Waals surface area contributed by atoms with Gasteiger partial charge in [0, 0.05) is 49.8 Å². The highest BCUT2D eigenvalue weighted by Gasteiger charge is 2.20. The molecule has 1 aliphatic heterocycles. The van der Waals surface area contributed by atoms with Crippen molar-refractivity contribution in [1.82, 2.24) is 4.57 Å². The third-order valence-corrected chi connectivity index (χ3v) is 5.32. The molecule has 0 atom stereocenters. The Bertz CT molecular complexity index is 988. The van der Waals surface area contributed by atoms with Crippen LogP contribution in [-0.4, -0.2) is 48.9 Å². The molecule has 0 amide bonds. The van der Waals surface area contributed by atoms with E-state index in [0.29, 0.717) is 5.69 Å². The Morgan fingerprint density at radius 3 is 2.41 bits per heavy atom. The highest BCUT2D eigenvalue weighted by atomic mass is 16.5. The molecule has 140 valence electrons. The largest absolute Gasteiger partial charge is 0.495 e. The summed E-state index contributed by atoms with van der Waals surface area (Å²) in [6, 6.07) is 16.0. The van der Waals surface area contributed by atoms with Crippen molar-refractivity contribution in [2.45, 2.75) is 0 Å². The van der Waals surface area contributed by atoms with E-state index in [0.717, 1.165) is 54.2 Å². The van der Waals surface area contributed by atoms with Crippen LogP contribution in [-0.2, 0) is 7.05 Å². The standard InChI is InChI=1S/C21H23N3O3/c1-22-17-8-7-16(13-15(17)14-19(22)21(25)26)23-9-11-24(12-10-23)18-5-3-4-6-20(18)27-2/h3-8,13-14H,9-12H2,1-2H3,(H,25,26). The predicted molar refractivity (Wildman–Crippen MR) is 107 cm³/mol. The smallest absolute Gasteiger partial charge is 0.352 e. The molecular formula is C21H23N3O3. The lowest BCUT2D eigenvalue weighted by molar-refractivity contribution is 0.0687. The van der Waals surface area contributed by atoms with E-state index < -0.39 is 5.97 Å². The third kappa shape index (κ3) is 3.07. The zero-order chi connectivity index (χ0) is 19.0. The van der Waals surface area contributed by atoms with E-state index in [1.54, 1.807) is 24.8 Å². The normalized spacial score (nSPS) is 14.6. The van der Waals surface area contributed by atoms with Crippen LogP contribution in [0.5, 0.6) is 5.75 Å². The number of carboxylic acids is 1. The van der Waals surface area contributed by atoms with Gasteiger partial charge in [-0.05, 0) is 36.4 Å². The van der Waals surface area contributed by atoms with Crippen LogP contribution in [0.15, 0.2) is 48.5 Å². The van der Waals surface area contributed by atoms with Crippen molar-refractivity contribution < 1.29 is 14.6 Å². The highest BCUT2D eigenvalue weighted by molar-refractivity contribution is 5.95. The van der Waals surface area contributed by atoms with Gasteiger partial charge in [-0.15, -0.1) is 0 Å². The number of nitrogens with zero attached hydrogens (tertiary/aromatic N) is 3. The fourth-order valence-electron chi connectivity index (χ4n) is 3.84. The number of hydrogen-bond acceptors (Lipinski definition) is 4. The first kappa shape index (κ1) is 17.3. The zero-order valence-electron chi connectivity index (χ0n) is 15.6. The van der Waals surface area contributed by atoms with Crippen molar-refractivity contribution >= 4 is 28.2 Å². The molecule has 1 N–H and O–H groups in total. The summed E-state index contributed by atoms with van der Waals surface area (Å²) in [4.78, 5) is 16.0. The van der Waals surface area contributed by atoms with Crippen molar-refractivity contribution in [3.05, 3.63) is 54.2 Å². The summed E-state index contributed by atoms with van der Waals surface area (Å²) < 4.78 is 7.21. The number of hydrogen-bond donors (Lipinski definition) is 1. The molecule has 6 heteroatoms. The summed E-state index contributed by atoms with van der Waals surface area (Å²) in [6.07, 6.45) is 0. The molecule has 0 radical (unpaired) electrons. The monoisotopic (exact) mass is 365 g/mol. The maximum atomic E-state index is 11.4. The molecule has 2 heterocycles. The lowest BCUT2D eigenvalue weighted by Gasteiger charge is -2.37. The second-order valence-electron chi connectivity index (χ2n) is 6.78. The number of fused-ring (bicyclic) bond motifs is 1. The van der Waals surface area contributed by atoms with Crippen LogP contribution >= 0.6 is 0 Å². The van der Waals surface area contributed by atoms with Crippen LogP contribution in [0.25, 0.3) is 10.9 Å². The number of aryl methyl sites for hydroxylation is 1. The van der Waals surface area contributed by atoms with Crippen molar-refractivity contribution in [2.24, 2.45) is 7.05 Å². The van der Waals surface area contributed by atoms with Crippen LogP contribution in [0.1, 0.15) is 10.5 Å². The molecule has 4 rings (SSSR count). The average Bonchev–Trinajstić information content (AvgIpc) is 3.04. The van der Waals surface area contributed by atoms with Crippen LogP contribution in [0.2, 0.25) is 0 Å². The van der Waals surface area contributed by atoms with E-state index in [9.17, 15) is 9.90 Å². The second kappa shape index (κ2) is 6.87. The number of methoxy groups -OCH3 is 1. The lowest BCUT2D eigenvalue weighted by Crippen LogP contribution is -2.46. The average molecular weight is 365 g/mol. The molecule has 3 aromatic rings. The van der Waals surface area contributed by atoms with E-state index in [1.165, 1.54) is 0 Å². The highest BCUT2D eigenvalue weighted by Crippen LogP contribution is 2.30. The van der Waals surface area contributed by atoms with Gasteiger partial charge in [0.25, 0.3) is 0 Å². The van der Waals surface area contributed by atoms with Gasteiger partial charge in [-0.25, -0.2) is 4.79 Å². The Morgan fingerprint density at radius 1 is 1.00 bits per heavy atom. The molecule has 0 bridgehead atoms. The number of carboxylic acid groups (broad SMARTS) is 1. The number of aromatic carboxylic acids is 1. The number of benzene rings is 2. The van der Waals surface area contributed by atoms with E-state index >= 15 is 0 Å². The Labute approximate surface area is 158 Å². The Balaban J connectivity index is 1.53. The number of ether oxygens (including phenoxy) is 1. The first-order valence-electron chi connectivity index (χ1n) is 9.04. The SMILES string of the molecule is COc1ccccc1N1CCN(c2ccc3c(c2)cc(C(=O)O)n3C)CC1. The first-order chi connectivity index (χ1) is 13.1. The number of piperazine rings is 1. The van der Waals surface area contributed by atoms with Crippen molar-refractivity contribution in [3.8, 4) is 5.75 Å². The van der Waals surface area contributed by atoms with Gasteiger partial charge in [-0.1, -0.05) is 12.1 Å². The molecule has 1 fully saturated rings. The molecule has 1 saturated heterocycles. The van der Waals surface area contributed by atoms with Gasteiger partial charge < -0.3 is 24.2 Å². The Hall–Kier alpha value is -3.15. The molecule has 27 heavy (non-hydrogen) atoms. The number of rotatable bonds is 4. The minimum atomic E-state index is -0.902. The molecule has 6 nitrogen and oxygen atoms in total. The molecule has 0 spiro atoms. The van der Waals surface area contributed by atoms with Gasteiger partial charge in [-0.3, -0.25) is 0 Å². The van der Waals surface area contributed by atoms with Crippen molar-refractivity contribution in [2.75, 3.05) is 43.1 Å². The maximum Gasteiger partial charge on any atom is 0.352 e. The van der Waals surface area contributed by atoms with Gasteiger partial charge in [0.05, 0.1) is 12.8 Å². The maximum absolute atomic E-state index is 11.4. The summed E-state index contributed by atoms with van der Waals surface area (Å²) in [6.45, 7) is 3.63. The number of carbonyl (C=O) groups is 1. The van der Waals surface area contributed by atoms with E-state index in [-0.39, 0.29) is 0 Å². The Morgan fingerprint density at radius 2 is 1.70 bits per heavy atom. The van der Waals surface area contributed by atoms with E-state index in [1.807, 2.05) is 24.3 Å². The molecule has 1 aliphatic rings. The summed E-state index contributed by atoms with van der Waals surface area (Å²) in [5.74, 6) is -0.00136.